The van der Waals surface area contributed by atoms with Crippen LogP contribution in [0.5, 0.6) is 17.4 Å². The van der Waals surface area contributed by atoms with E-state index in [2.05, 4.69) is 15.0 Å². The Balaban J connectivity index is 1.43. The Morgan fingerprint density at radius 1 is 1.14 bits per heavy atom. The Morgan fingerprint density at radius 2 is 1.86 bits per heavy atom. The zero-order chi connectivity index (χ0) is 26.5. The van der Waals surface area contributed by atoms with Crippen molar-refractivity contribution in [1.29, 1.82) is 5.26 Å². The molecule has 0 fully saturated rings. The number of halogens is 1. The number of fused-ring (bicyclic) bond motifs is 1. The van der Waals surface area contributed by atoms with Gasteiger partial charge in [-0.3, -0.25) is 19.8 Å². The SMILES string of the molecule is CCN(C(=O)C(C)Oc1ccc(Oc2cnc3cc(Cl)ccc3n2)cc1)c1ccc([N+](=O)[O-])c(C#N)n1. The van der Waals surface area contributed by atoms with E-state index in [9.17, 15) is 20.2 Å². The van der Waals surface area contributed by atoms with Crippen LogP contribution in [0.1, 0.15) is 19.5 Å². The summed E-state index contributed by atoms with van der Waals surface area (Å²) in [5, 5.41) is 20.8. The number of amides is 1. The van der Waals surface area contributed by atoms with Crippen molar-refractivity contribution < 1.29 is 19.2 Å². The molecule has 186 valence electrons. The van der Waals surface area contributed by atoms with Crippen molar-refractivity contribution in [2.75, 3.05) is 11.4 Å². The van der Waals surface area contributed by atoms with Crippen LogP contribution in [-0.2, 0) is 4.79 Å². The molecule has 1 amide bonds. The lowest BCUT2D eigenvalue weighted by Gasteiger charge is -2.24. The van der Waals surface area contributed by atoms with Gasteiger partial charge in [0.25, 0.3) is 5.91 Å². The van der Waals surface area contributed by atoms with Crippen LogP contribution < -0.4 is 14.4 Å². The van der Waals surface area contributed by atoms with Gasteiger partial charge in [0.2, 0.25) is 11.6 Å². The van der Waals surface area contributed by atoms with Gasteiger partial charge in [-0.25, -0.2) is 15.0 Å². The van der Waals surface area contributed by atoms with Gasteiger partial charge < -0.3 is 9.47 Å². The zero-order valence-electron chi connectivity index (χ0n) is 19.7. The van der Waals surface area contributed by atoms with E-state index in [0.29, 0.717) is 33.4 Å². The van der Waals surface area contributed by atoms with Crippen LogP contribution >= 0.6 is 11.6 Å². The second kappa shape index (κ2) is 10.8. The maximum atomic E-state index is 13.0. The number of carbonyl (C=O) groups is 1. The molecule has 0 saturated carbocycles. The maximum Gasteiger partial charge on any atom is 0.305 e. The third-order valence-electron chi connectivity index (χ3n) is 5.21. The molecule has 0 N–H and O–H groups in total. The molecule has 37 heavy (non-hydrogen) atoms. The highest BCUT2D eigenvalue weighted by atomic mass is 35.5. The molecule has 0 bridgehead atoms. The van der Waals surface area contributed by atoms with Crippen molar-refractivity contribution in [1.82, 2.24) is 15.0 Å². The Bertz CT molecular complexity index is 1520. The van der Waals surface area contributed by atoms with Crippen molar-refractivity contribution in [3.8, 4) is 23.4 Å². The summed E-state index contributed by atoms with van der Waals surface area (Å²) in [6.45, 7) is 3.51. The summed E-state index contributed by atoms with van der Waals surface area (Å²) in [5.41, 5.74) is 0.480. The zero-order valence-corrected chi connectivity index (χ0v) is 20.4. The fourth-order valence-electron chi connectivity index (χ4n) is 3.45. The molecule has 12 heteroatoms. The summed E-state index contributed by atoms with van der Waals surface area (Å²) in [7, 11) is 0. The fourth-order valence-corrected chi connectivity index (χ4v) is 3.62. The molecule has 4 aromatic rings. The minimum Gasteiger partial charge on any atom is -0.481 e. The number of rotatable bonds is 8. The van der Waals surface area contributed by atoms with Crippen LogP contribution in [0.3, 0.4) is 0 Å². The predicted octanol–water partition coefficient (Wildman–Crippen LogP) is 5.07. The van der Waals surface area contributed by atoms with E-state index in [-0.39, 0.29) is 18.1 Å². The molecule has 0 radical (unpaired) electrons. The first-order chi connectivity index (χ1) is 17.8. The Kier molecular flexibility index (Phi) is 7.41. The molecular weight excluding hydrogens is 500 g/mol. The molecule has 0 aliphatic carbocycles. The van der Waals surface area contributed by atoms with E-state index in [1.54, 1.807) is 62.4 Å². The van der Waals surface area contributed by atoms with E-state index in [1.807, 2.05) is 0 Å². The molecule has 0 aliphatic rings. The number of nitrogens with zero attached hydrogens (tertiary/aromatic N) is 6. The summed E-state index contributed by atoms with van der Waals surface area (Å²) >= 11 is 5.97. The van der Waals surface area contributed by atoms with Crippen molar-refractivity contribution in [3.63, 3.8) is 0 Å². The van der Waals surface area contributed by atoms with Crippen molar-refractivity contribution in [2.45, 2.75) is 20.0 Å². The highest BCUT2D eigenvalue weighted by Gasteiger charge is 2.25. The summed E-state index contributed by atoms with van der Waals surface area (Å²) < 4.78 is 11.6. The summed E-state index contributed by atoms with van der Waals surface area (Å²) in [6, 6.07) is 15.9. The second-order valence-corrected chi connectivity index (χ2v) is 8.10. The highest BCUT2D eigenvalue weighted by molar-refractivity contribution is 6.31. The molecule has 1 unspecified atom stereocenters. The van der Waals surface area contributed by atoms with Crippen LogP contribution in [0, 0.1) is 21.4 Å². The van der Waals surface area contributed by atoms with E-state index < -0.39 is 22.6 Å². The van der Waals surface area contributed by atoms with Gasteiger partial charge in [0.1, 0.15) is 23.4 Å². The topological polar surface area (TPSA) is 144 Å². The number of pyridine rings is 1. The standard InChI is InChI=1S/C25H19ClN6O5/c1-3-31(23-11-10-22(32(34)35)21(13-27)29-23)25(33)15(2)36-17-5-7-18(8-6-17)37-24-14-28-20-12-16(26)4-9-19(20)30-24/h4-12,14-15H,3H2,1-2H3. The summed E-state index contributed by atoms with van der Waals surface area (Å²) in [4.78, 5) is 37.4. The summed E-state index contributed by atoms with van der Waals surface area (Å²) in [6.07, 6.45) is 0.583. The number of carbonyl (C=O) groups excluding carboxylic acids is 1. The molecule has 0 spiro atoms. The number of hydrogen-bond acceptors (Lipinski definition) is 9. The summed E-state index contributed by atoms with van der Waals surface area (Å²) in [5.74, 6) is 0.895. The molecule has 4 rings (SSSR count). The lowest BCUT2D eigenvalue weighted by molar-refractivity contribution is -0.385. The van der Waals surface area contributed by atoms with Gasteiger partial charge in [0, 0.05) is 17.6 Å². The lowest BCUT2D eigenvalue weighted by atomic mass is 10.2. The predicted molar refractivity (Wildman–Crippen MR) is 135 cm³/mol. The number of nitro groups is 1. The van der Waals surface area contributed by atoms with Crippen LogP contribution in [0.25, 0.3) is 11.0 Å². The number of hydrogen-bond donors (Lipinski definition) is 0. The average Bonchev–Trinajstić information content (AvgIpc) is 2.90. The number of benzene rings is 2. The van der Waals surface area contributed by atoms with E-state index >= 15 is 0 Å². The molecular formula is C25H19ClN6O5. The second-order valence-electron chi connectivity index (χ2n) is 7.66. The highest BCUT2D eigenvalue weighted by Crippen LogP contribution is 2.26. The smallest absolute Gasteiger partial charge is 0.305 e. The molecule has 2 heterocycles. The first-order valence-corrected chi connectivity index (χ1v) is 11.4. The number of aromatic nitrogens is 3. The average molecular weight is 519 g/mol. The minimum absolute atomic E-state index is 0.118. The Hall–Kier alpha value is -4.82. The van der Waals surface area contributed by atoms with Crippen molar-refractivity contribution >= 4 is 40.0 Å². The molecule has 2 aromatic heterocycles. The van der Waals surface area contributed by atoms with E-state index in [4.69, 9.17) is 21.1 Å². The van der Waals surface area contributed by atoms with Gasteiger partial charge in [-0.2, -0.15) is 5.26 Å². The lowest BCUT2D eigenvalue weighted by Crippen LogP contribution is -2.41. The molecule has 0 saturated heterocycles. The van der Waals surface area contributed by atoms with Crippen molar-refractivity contribution in [2.24, 2.45) is 0 Å². The third-order valence-corrected chi connectivity index (χ3v) is 5.44. The van der Waals surface area contributed by atoms with Crippen LogP contribution in [0.15, 0.2) is 60.8 Å². The third kappa shape index (κ3) is 5.71. The minimum atomic E-state index is -0.910. The number of nitriles is 1. The quantitative estimate of drug-likeness (QED) is 0.230. The molecule has 1 atom stereocenters. The first-order valence-electron chi connectivity index (χ1n) is 11.0. The largest absolute Gasteiger partial charge is 0.481 e. The van der Waals surface area contributed by atoms with Crippen LogP contribution in [0.2, 0.25) is 5.02 Å². The van der Waals surface area contributed by atoms with E-state index in [0.717, 1.165) is 6.07 Å². The van der Waals surface area contributed by atoms with Gasteiger partial charge in [-0.15, -0.1) is 0 Å². The van der Waals surface area contributed by atoms with Crippen molar-refractivity contribution in [3.05, 3.63) is 81.6 Å². The number of ether oxygens (including phenoxy) is 2. The maximum absolute atomic E-state index is 13.0. The van der Waals surface area contributed by atoms with Crippen LogP contribution in [-0.4, -0.2) is 38.4 Å². The van der Waals surface area contributed by atoms with Gasteiger partial charge >= 0.3 is 5.69 Å². The molecule has 2 aromatic carbocycles. The number of likely N-dealkylation sites (N-methyl/N-ethyl adjacent to an activating group) is 1. The molecule has 0 aliphatic heterocycles. The van der Waals surface area contributed by atoms with E-state index in [1.165, 1.54) is 17.2 Å². The van der Waals surface area contributed by atoms with Gasteiger partial charge in [-0.1, -0.05) is 11.6 Å². The van der Waals surface area contributed by atoms with Gasteiger partial charge in [0.15, 0.2) is 6.10 Å². The Morgan fingerprint density at radius 3 is 2.54 bits per heavy atom. The fraction of sp³-hybridized carbons (Fsp3) is 0.160. The van der Waals surface area contributed by atoms with Crippen LogP contribution in [0.4, 0.5) is 11.5 Å². The monoisotopic (exact) mass is 518 g/mol. The van der Waals surface area contributed by atoms with Gasteiger partial charge in [-0.05, 0) is 62.4 Å². The van der Waals surface area contributed by atoms with Gasteiger partial charge in [0.05, 0.1) is 22.2 Å². The number of anilines is 1. The Labute approximate surface area is 216 Å². The first kappa shape index (κ1) is 25.3. The molecule has 11 nitrogen and oxygen atoms in total. The normalized spacial score (nSPS) is 11.4.